The molecule has 2 fully saturated rings. The highest BCUT2D eigenvalue weighted by molar-refractivity contribution is 6.42. The Morgan fingerprint density at radius 2 is 1.52 bits per heavy atom. The highest BCUT2D eigenvalue weighted by Crippen LogP contribution is 2.32. The van der Waals surface area contributed by atoms with Crippen molar-refractivity contribution in [2.24, 2.45) is 0 Å². The largest absolute Gasteiger partial charge is 0.353 e. The average Bonchev–Trinajstić information content (AvgIpc) is 2.96. The number of amides is 1. The third kappa shape index (κ3) is 7.04. The van der Waals surface area contributed by atoms with Crippen LogP contribution in [-0.4, -0.2) is 65.5 Å². The smallest absolute Gasteiger partial charge is 0.253 e. The zero-order chi connectivity index (χ0) is 28.3. The van der Waals surface area contributed by atoms with Gasteiger partial charge in [-0.2, -0.15) is 0 Å². The number of nitrogens with one attached hydrogen (secondary N) is 1. The summed E-state index contributed by atoms with van der Waals surface area (Å²) in [4.78, 5) is 24.7. The number of anilines is 1. The van der Waals surface area contributed by atoms with Gasteiger partial charge < -0.3 is 10.2 Å². The Balaban J connectivity index is 1.11. The summed E-state index contributed by atoms with van der Waals surface area (Å²) in [5.74, 6) is 0.484. The Hall–Kier alpha value is -2.06. The first-order valence-electron chi connectivity index (χ1n) is 13.5. The predicted molar refractivity (Wildman–Crippen MR) is 165 cm³/mol. The second kappa shape index (κ2) is 12.8. The van der Waals surface area contributed by atoms with Crippen LogP contribution in [0.1, 0.15) is 41.3 Å². The highest BCUT2D eigenvalue weighted by Gasteiger charge is 2.37. The normalized spacial score (nSPS) is 18.1. The molecule has 0 bridgehead atoms. The van der Waals surface area contributed by atoms with Crippen molar-refractivity contribution < 1.29 is 4.79 Å². The third-order valence-corrected chi connectivity index (χ3v) is 9.39. The fraction of sp³-hybridized carbons (Fsp3) is 0.400. The predicted octanol–water partition coefficient (Wildman–Crippen LogP) is 6.80. The van der Waals surface area contributed by atoms with Crippen molar-refractivity contribution in [1.29, 1.82) is 0 Å². The number of pyridine rings is 1. The van der Waals surface area contributed by atoms with Gasteiger partial charge in [0, 0.05) is 69.1 Å². The Morgan fingerprint density at radius 1 is 0.850 bits per heavy atom. The topological polar surface area (TPSA) is 51.7 Å². The minimum Gasteiger partial charge on any atom is -0.353 e. The highest BCUT2D eigenvalue weighted by atomic mass is 35.5. The zero-order valence-corrected chi connectivity index (χ0v) is 25.5. The Morgan fingerprint density at radius 3 is 2.17 bits per heavy atom. The summed E-state index contributed by atoms with van der Waals surface area (Å²) in [6.07, 6.45) is 3.88. The number of hydrogen-bond acceptors (Lipinski definition) is 5. The Bertz CT molecular complexity index is 1340. The first-order valence-corrected chi connectivity index (χ1v) is 15.1. The van der Waals surface area contributed by atoms with E-state index in [1.165, 1.54) is 5.56 Å². The van der Waals surface area contributed by atoms with Crippen LogP contribution in [0.4, 0.5) is 5.82 Å². The summed E-state index contributed by atoms with van der Waals surface area (Å²) >= 11 is 24.7. The van der Waals surface area contributed by atoms with Crippen LogP contribution in [0.5, 0.6) is 0 Å². The fourth-order valence-corrected chi connectivity index (χ4v) is 6.27. The molecular weight excluding hydrogens is 588 g/mol. The standard InChI is InChI=1S/C30H33Cl4N5O/c1-30(8-10-37(11-9-30)20-21-2-5-24(31)6-3-21)39-14-12-38(13-15-39)28-27(34)17-23(19-35-28)29(40)36-18-22-4-7-25(32)26(33)16-22/h2-7,16-17,19H,8-15,18,20H2,1H3,(H,36,40). The van der Waals surface area contributed by atoms with E-state index >= 15 is 0 Å². The first kappa shape index (κ1) is 29.4. The molecule has 0 aliphatic carbocycles. The number of piperazine rings is 1. The molecule has 5 rings (SSSR count). The van der Waals surface area contributed by atoms with Crippen LogP contribution >= 0.6 is 46.4 Å². The lowest BCUT2D eigenvalue weighted by atomic mass is 9.87. The number of halogens is 4. The molecule has 0 radical (unpaired) electrons. The number of hydrogen-bond donors (Lipinski definition) is 1. The summed E-state index contributed by atoms with van der Waals surface area (Å²) in [5.41, 5.74) is 2.78. The minimum absolute atomic E-state index is 0.191. The number of aromatic nitrogens is 1. The summed E-state index contributed by atoms with van der Waals surface area (Å²) in [7, 11) is 0. The second-order valence-corrected chi connectivity index (χ2v) is 12.5. The Kier molecular flexibility index (Phi) is 9.45. The van der Waals surface area contributed by atoms with Crippen LogP contribution in [0.3, 0.4) is 0 Å². The van der Waals surface area contributed by atoms with Crippen LogP contribution in [0.25, 0.3) is 0 Å². The van der Waals surface area contributed by atoms with Gasteiger partial charge in [-0.25, -0.2) is 4.98 Å². The van der Waals surface area contributed by atoms with Crippen molar-refractivity contribution in [2.75, 3.05) is 44.2 Å². The summed E-state index contributed by atoms with van der Waals surface area (Å²) in [5, 5.41) is 5.08. The Labute approximate surface area is 256 Å². The van der Waals surface area contributed by atoms with Crippen LogP contribution in [0.2, 0.25) is 20.1 Å². The van der Waals surface area contributed by atoms with Crippen molar-refractivity contribution in [3.8, 4) is 0 Å². The molecule has 2 aromatic carbocycles. The van der Waals surface area contributed by atoms with E-state index in [0.717, 1.165) is 75.1 Å². The number of nitrogens with zero attached hydrogens (tertiary/aromatic N) is 4. The van der Waals surface area contributed by atoms with Crippen LogP contribution in [0, 0.1) is 0 Å². The summed E-state index contributed by atoms with van der Waals surface area (Å²) in [6, 6.07) is 15.1. The van der Waals surface area contributed by atoms with E-state index in [2.05, 4.69) is 44.1 Å². The number of piperidine rings is 1. The molecule has 0 unspecified atom stereocenters. The number of carbonyl (C=O) groups excluding carboxylic acids is 1. The molecule has 1 aromatic heterocycles. The molecule has 2 aliphatic heterocycles. The number of benzene rings is 2. The van der Waals surface area contributed by atoms with E-state index in [-0.39, 0.29) is 11.4 Å². The van der Waals surface area contributed by atoms with Gasteiger partial charge in [-0.15, -0.1) is 0 Å². The lowest BCUT2D eigenvalue weighted by molar-refractivity contribution is 0.0278. The lowest BCUT2D eigenvalue weighted by Crippen LogP contribution is -2.59. The van der Waals surface area contributed by atoms with Gasteiger partial charge >= 0.3 is 0 Å². The molecule has 2 aliphatic rings. The van der Waals surface area contributed by atoms with E-state index in [1.54, 1.807) is 24.4 Å². The summed E-state index contributed by atoms with van der Waals surface area (Å²) < 4.78 is 0. The number of carbonyl (C=O) groups is 1. The maximum atomic E-state index is 12.7. The lowest BCUT2D eigenvalue weighted by Gasteiger charge is -2.50. The summed E-state index contributed by atoms with van der Waals surface area (Å²) in [6.45, 7) is 9.47. The van der Waals surface area contributed by atoms with E-state index in [0.29, 0.717) is 27.2 Å². The van der Waals surface area contributed by atoms with Crippen LogP contribution in [0.15, 0.2) is 54.7 Å². The molecule has 3 aromatic rings. The molecule has 3 heterocycles. The molecule has 6 nitrogen and oxygen atoms in total. The van der Waals surface area contributed by atoms with Crippen LogP contribution in [-0.2, 0) is 13.1 Å². The van der Waals surface area contributed by atoms with Gasteiger partial charge in [0.1, 0.15) is 5.82 Å². The van der Waals surface area contributed by atoms with E-state index in [4.69, 9.17) is 46.4 Å². The van der Waals surface area contributed by atoms with Crippen molar-refractivity contribution in [3.63, 3.8) is 0 Å². The van der Waals surface area contributed by atoms with Gasteiger partial charge in [-0.05, 0) is 61.2 Å². The molecule has 1 N–H and O–H groups in total. The van der Waals surface area contributed by atoms with E-state index in [1.807, 2.05) is 18.2 Å². The molecule has 212 valence electrons. The zero-order valence-electron chi connectivity index (χ0n) is 22.5. The number of rotatable bonds is 7. The molecule has 10 heteroatoms. The maximum Gasteiger partial charge on any atom is 0.253 e. The quantitative estimate of drug-likeness (QED) is 0.315. The minimum atomic E-state index is -0.243. The molecule has 1 amide bonds. The van der Waals surface area contributed by atoms with Gasteiger partial charge in [0.2, 0.25) is 0 Å². The maximum absolute atomic E-state index is 12.7. The second-order valence-electron chi connectivity index (χ2n) is 10.8. The van der Waals surface area contributed by atoms with Gasteiger partial charge in [0.25, 0.3) is 5.91 Å². The SMILES string of the molecule is CC1(N2CCN(c3ncc(C(=O)NCc4ccc(Cl)c(Cl)c4)cc3Cl)CC2)CCN(Cc2ccc(Cl)cc2)CC1. The van der Waals surface area contributed by atoms with Crippen molar-refractivity contribution >= 4 is 58.1 Å². The first-order chi connectivity index (χ1) is 19.2. The fourth-order valence-electron chi connectivity index (χ4n) is 5.54. The average molecular weight is 621 g/mol. The van der Waals surface area contributed by atoms with Gasteiger partial charge in [-0.3, -0.25) is 14.6 Å². The third-order valence-electron chi connectivity index (χ3n) is 8.12. The van der Waals surface area contributed by atoms with Crippen molar-refractivity contribution in [1.82, 2.24) is 20.1 Å². The molecule has 40 heavy (non-hydrogen) atoms. The molecule has 2 saturated heterocycles. The van der Waals surface area contributed by atoms with Gasteiger partial charge in [0.15, 0.2) is 0 Å². The van der Waals surface area contributed by atoms with Gasteiger partial charge in [-0.1, -0.05) is 64.6 Å². The molecule has 0 atom stereocenters. The molecule has 0 saturated carbocycles. The van der Waals surface area contributed by atoms with Crippen LogP contribution < -0.4 is 10.2 Å². The monoisotopic (exact) mass is 619 g/mol. The van der Waals surface area contributed by atoms with E-state index < -0.39 is 0 Å². The number of likely N-dealkylation sites (tertiary alicyclic amines) is 1. The van der Waals surface area contributed by atoms with E-state index in [9.17, 15) is 4.79 Å². The molecular formula is C30H33Cl4N5O. The van der Waals surface area contributed by atoms with Crippen molar-refractivity contribution in [2.45, 2.75) is 38.4 Å². The molecule has 0 spiro atoms. The van der Waals surface area contributed by atoms with Gasteiger partial charge in [0.05, 0.1) is 20.6 Å². The van der Waals surface area contributed by atoms with Crippen molar-refractivity contribution in [3.05, 3.63) is 91.5 Å².